The summed E-state index contributed by atoms with van der Waals surface area (Å²) in [6.45, 7) is 9.54. The van der Waals surface area contributed by atoms with Crippen LogP contribution in [0.25, 0.3) is 6.08 Å². The summed E-state index contributed by atoms with van der Waals surface area (Å²) in [5.41, 5.74) is 1.70. The zero-order chi connectivity index (χ0) is 29.7. The van der Waals surface area contributed by atoms with Gasteiger partial charge in [0.25, 0.3) is 5.56 Å². The second kappa shape index (κ2) is 12.9. The van der Waals surface area contributed by atoms with Gasteiger partial charge >= 0.3 is 11.9 Å². The van der Waals surface area contributed by atoms with Crippen molar-refractivity contribution in [2.75, 3.05) is 26.9 Å². The van der Waals surface area contributed by atoms with Crippen LogP contribution in [0, 0.1) is 0 Å². The van der Waals surface area contributed by atoms with E-state index >= 15 is 0 Å². The number of aromatic nitrogens is 1. The van der Waals surface area contributed by atoms with Gasteiger partial charge in [0.2, 0.25) is 0 Å². The number of carbonyl (C=O) groups is 2. The molecule has 41 heavy (non-hydrogen) atoms. The molecular formula is C30H32N2O8S. The summed E-state index contributed by atoms with van der Waals surface area (Å²) in [5.74, 6) is 0.665. The van der Waals surface area contributed by atoms with E-state index in [9.17, 15) is 14.4 Å². The third kappa shape index (κ3) is 6.19. The maximum atomic E-state index is 13.9. The van der Waals surface area contributed by atoms with Crippen LogP contribution in [0.3, 0.4) is 0 Å². The Hall–Kier alpha value is -4.38. The SMILES string of the molecule is CCOC(=O)C1=C(C)N=c2s/c(=C/c3ccc(OC(C)=O)c(OC)c3)c(=O)n2C1c1ccc(OCC)c(OCC)c1. The third-order valence-corrected chi connectivity index (χ3v) is 7.12. The smallest absolute Gasteiger partial charge is 0.338 e. The number of hydrogen-bond donors (Lipinski definition) is 0. The highest BCUT2D eigenvalue weighted by Crippen LogP contribution is 2.36. The number of fused-ring (bicyclic) bond motifs is 1. The molecule has 1 unspecified atom stereocenters. The molecule has 216 valence electrons. The monoisotopic (exact) mass is 580 g/mol. The van der Waals surface area contributed by atoms with Gasteiger partial charge in [-0.2, -0.15) is 0 Å². The number of rotatable bonds is 10. The molecule has 3 aromatic rings. The minimum Gasteiger partial charge on any atom is -0.493 e. The summed E-state index contributed by atoms with van der Waals surface area (Å²) in [5, 5.41) is 0. The van der Waals surface area contributed by atoms with Crippen molar-refractivity contribution in [1.29, 1.82) is 0 Å². The lowest BCUT2D eigenvalue weighted by Gasteiger charge is -2.25. The van der Waals surface area contributed by atoms with Crippen molar-refractivity contribution in [1.82, 2.24) is 4.57 Å². The van der Waals surface area contributed by atoms with E-state index in [2.05, 4.69) is 4.99 Å². The fourth-order valence-corrected chi connectivity index (χ4v) is 5.56. The van der Waals surface area contributed by atoms with E-state index in [-0.39, 0.29) is 23.5 Å². The summed E-state index contributed by atoms with van der Waals surface area (Å²) in [6, 6.07) is 9.55. The summed E-state index contributed by atoms with van der Waals surface area (Å²) in [6.07, 6.45) is 1.70. The van der Waals surface area contributed by atoms with Crippen LogP contribution < -0.4 is 33.8 Å². The van der Waals surface area contributed by atoms with Gasteiger partial charge in [-0.05, 0) is 69.2 Å². The van der Waals surface area contributed by atoms with Crippen LogP contribution in [-0.2, 0) is 14.3 Å². The average Bonchev–Trinajstić information content (AvgIpc) is 3.23. The Morgan fingerprint density at radius 1 is 0.976 bits per heavy atom. The normalized spacial score (nSPS) is 14.7. The van der Waals surface area contributed by atoms with Crippen LogP contribution >= 0.6 is 11.3 Å². The minimum atomic E-state index is -0.803. The number of thiazole rings is 1. The molecule has 0 saturated heterocycles. The van der Waals surface area contributed by atoms with Gasteiger partial charge in [0.15, 0.2) is 27.8 Å². The minimum absolute atomic E-state index is 0.172. The Labute approximate surface area is 241 Å². The Bertz CT molecular complexity index is 1690. The molecule has 10 nitrogen and oxygen atoms in total. The van der Waals surface area contributed by atoms with E-state index in [1.54, 1.807) is 50.3 Å². The highest BCUT2D eigenvalue weighted by atomic mass is 32.1. The van der Waals surface area contributed by atoms with Gasteiger partial charge in [-0.25, -0.2) is 9.79 Å². The first kappa shape index (κ1) is 29.6. The fraction of sp³-hybridized carbons (Fsp3) is 0.333. The quantitative estimate of drug-likeness (QED) is 0.264. The maximum Gasteiger partial charge on any atom is 0.338 e. The van der Waals surface area contributed by atoms with E-state index in [0.717, 1.165) is 0 Å². The van der Waals surface area contributed by atoms with Gasteiger partial charge in [-0.3, -0.25) is 14.2 Å². The molecule has 4 rings (SSSR count). The van der Waals surface area contributed by atoms with Crippen LogP contribution in [0.5, 0.6) is 23.0 Å². The molecule has 0 fully saturated rings. The molecule has 0 saturated carbocycles. The molecule has 1 aliphatic rings. The van der Waals surface area contributed by atoms with Crippen molar-refractivity contribution >= 4 is 29.4 Å². The Morgan fingerprint density at radius 2 is 1.68 bits per heavy atom. The summed E-state index contributed by atoms with van der Waals surface area (Å²) in [4.78, 5) is 43.6. The molecule has 2 heterocycles. The van der Waals surface area contributed by atoms with E-state index in [1.165, 1.54) is 29.9 Å². The summed E-state index contributed by atoms with van der Waals surface area (Å²) >= 11 is 1.20. The molecule has 0 N–H and O–H groups in total. The lowest BCUT2D eigenvalue weighted by atomic mass is 9.95. The fourth-order valence-electron chi connectivity index (χ4n) is 4.51. The molecule has 1 atom stereocenters. The number of hydrogen-bond acceptors (Lipinski definition) is 10. The Kier molecular flexibility index (Phi) is 9.28. The number of allylic oxidation sites excluding steroid dienone is 1. The Balaban J connectivity index is 1.91. The lowest BCUT2D eigenvalue weighted by Crippen LogP contribution is -2.40. The van der Waals surface area contributed by atoms with Gasteiger partial charge in [0.1, 0.15) is 0 Å². The zero-order valence-corrected chi connectivity index (χ0v) is 24.6. The predicted octanol–water partition coefficient (Wildman–Crippen LogP) is 3.53. The first-order valence-electron chi connectivity index (χ1n) is 13.2. The highest BCUT2D eigenvalue weighted by Gasteiger charge is 2.34. The van der Waals surface area contributed by atoms with E-state index in [1.807, 2.05) is 19.9 Å². The van der Waals surface area contributed by atoms with Crippen molar-refractivity contribution in [2.45, 2.75) is 40.7 Å². The van der Waals surface area contributed by atoms with Crippen molar-refractivity contribution in [3.63, 3.8) is 0 Å². The average molecular weight is 581 g/mol. The second-order valence-corrected chi connectivity index (χ2v) is 9.89. The van der Waals surface area contributed by atoms with Crippen LogP contribution in [-0.4, -0.2) is 43.4 Å². The van der Waals surface area contributed by atoms with Gasteiger partial charge in [-0.1, -0.05) is 23.5 Å². The zero-order valence-electron chi connectivity index (χ0n) is 23.8. The van der Waals surface area contributed by atoms with Crippen LogP contribution in [0.1, 0.15) is 51.8 Å². The third-order valence-electron chi connectivity index (χ3n) is 6.14. The van der Waals surface area contributed by atoms with E-state index in [0.29, 0.717) is 56.6 Å². The largest absolute Gasteiger partial charge is 0.493 e. The van der Waals surface area contributed by atoms with Gasteiger partial charge in [0, 0.05) is 6.92 Å². The molecule has 0 spiro atoms. The molecule has 1 aliphatic heterocycles. The molecule has 0 amide bonds. The summed E-state index contributed by atoms with van der Waals surface area (Å²) < 4.78 is 29.4. The number of nitrogens with zero attached hydrogens (tertiary/aromatic N) is 2. The lowest BCUT2D eigenvalue weighted by molar-refractivity contribution is -0.139. The second-order valence-electron chi connectivity index (χ2n) is 8.88. The van der Waals surface area contributed by atoms with Crippen molar-refractivity contribution in [3.05, 3.63) is 78.5 Å². The van der Waals surface area contributed by atoms with Crippen molar-refractivity contribution in [3.8, 4) is 23.0 Å². The molecule has 1 aromatic heterocycles. The first-order chi connectivity index (χ1) is 19.7. The topological polar surface area (TPSA) is 115 Å². The van der Waals surface area contributed by atoms with Crippen LogP contribution in [0.2, 0.25) is 0 Å². The standard InChI is InChI=1S/C30H32N2O8S/c1-7-37-21-13-11-20(16-24(21)38-8-2)27-26(29(35)39-9-3)17(4)31-30-32(27)28(34)25(41-30)15-19-10-12-22(40-18(5)33)23(14-19)36-6/h10-16,27H,7-9H2,1-6H3/b25-15+. The van der Waals surface area contributed by atoms with Crippen molar-refractivity contribution < 1.29 is 33.3 Å². The number of ether oxygens (including phenoxy) is 5. The van der Waals surface area contributed by atoms with E-state index < -0.39 is 18.0 Å². The number of benzene rings is 2. The van der Waals surface area contributed by atoms with Crippen LogP contribution in [0.15, 0.2) is 57.5 Å². The molecule has 0 aliphatic carbocycles. The highest BCUT2D eigenvalue weighted by molar-refractivity contribution is 7.07. The predicted molar refractivity (Wildman–Crippen MR) is 153 cm³/mol. The van der Waals surface area contributed by atoms with E-state index in [4.69, 9.17) is 23.7 Å². The molecule has 11 heteroatoms. The molecule has 0 bridgehead atoms. The Morgan fingerprint density at radius 3 is 2.34 bits per heavy atom. The molecule has 2 aromatic carbocycles. The summed E-state index contributed by atoms with van der Waals surface area (Å²) in [7, 11) is 1.47. The number of carbonyl (C=O) groups excluding carboxylic acids is 2. The van der Waals surface area contributed by atoms with Gasteiger partial charge in [-0.15, -0.1) is 0 Å². The first-order valence-corrected chi connectivity index (χ1v) is 14.0. The molecular weight excluding hydrogens is 548 g/mol. The number of esters is 2. The van der Waals surface area contributed by atoms with Crippen LogP contribution in [0.4, 0.5) is 0 Å². The molecule has 0 radical (unpaired) electrons. The maximum absolute atomic E-state index is 13.9. The van der Waals surface area contributed by atoms with Gasteiger partial charge in [0.05, 0.1) is 48.8 Å². The van der Waals surface area contributed by atoms with Gasteiger partial charge < -0.3 is 23.7 Å². The van der Waals surface area contributed by atoms with Crippen molar-refractivity contribution in [2.24, 2.45) is 4.99 Å². The number of methoxy groups -OCH3 is 1.